The maximum absolute atomic E-state index is 5.45. The van der Waals surface area contributed by atoms with Crippen LogP contribution in [0.15, 0.2) is 30.4 Å². The van der Waals surface area contributed by atoms with Gasteiger partial charge in [-0.05, 0) is 44.4 Å². The Kier molecular flexibility index (Phi) is 4.86. The minimum atomic E-state index is 0.251. The van der Waals surface area contributed by atoms with Crippen LogP contribution >= 0.6 is 0 Å². The van der Waals surface area contributed by atoms with Gasteiger partial charge in [-0.3, -0.25) is 0 Å². The fourth-order valence-corrected chi connectivity index (χ4v) is 2.57. The zero-order valence-electron chi connectivity index (χ0n) is 12.0. The van der Waals surface area contributed by atoms with E-state index in [2.05, 4.69) is 30.5 Å². The molecule has 0 saturated carbocycles. The van der Waals surface area contributed by atoms with Gasteiger partial charge >= 0.3 is 0 Å². The van der Waals surface area contributed by atoms with Crippen molar-refractivity contribution in [2.75, 3.05) is 14.2 Å². The highest BCUT2D eigenvalue weighted by Crippen LogP contribution is 2.30. The molecule has 1 aromatic carbocycles. The van der Waals surface area contributed by atoms with Gasteiger partial charge in [-0.2, -0.15) is 0 Å². The molecule has 1 aromatic rings. The van der Waals surface area contributed by atoms with Gasteiger partial charge < -0.3 is 14.8 Å². The smallest absolute Gasteiger partial charge is 0.123 e. The average Bonchev–Trinajstić information content (AvgIpc) is 2.47. The molecule has 104 valence electrons. The number of nitrogens with one attached hydrogen (secondary N) is 1. The van der Waals surface area contributed by atoms with Gasteiger partial charge in [0.1, 0.15) is 11.5 Å². The number of allylic oxidation sites excluding steroid dienone is 1. The van der Waals surface area contributed by atoms with E-state index in [1.54, 1.807) is 14.2 Å². The molecule has 0 aliphatic heterocycles. The Morgan fingerprint density at radius 3 is 2.68 bits per heavy atom. The lowest BCUT2D eigenvalue weighted by atomic mass is 9.99. The second kappa shape index (κ2) is 6.62. The summed E-state index contributed by atoms with van der Waals surface area (Å²) in [5.41, 5.74) is 1.15. The first-order valence-electron chi connectivity index (χ1n) is 6.87. The fraction of sp³-hybridized carbons (Fsp3) is 0.500. The van der Waals surface area contributed by atoms with E-state index in [0.717, 1.165) is 23.5 Å². The summed E-state index contributed by atoms with van der Waals surface area (Å²) in [6.45, 7) is 2.18. The molecule has 1 N–H and O–H groups in total. The highest BCUT2D eigenvalue weighted by atomic mass is 16.5. The van der Waals surface area contributed by atoms with E-state index in [-0.39, 0.29) is 6.04 Å². The SMILES string of the molecule is COc1ccc(OC)c(C(C)NC2CC=CCC2)c1. The maximum atomic E-state index is 5.45. The van der Waals surface area contributed by atoms with Crippen molar-refractivity contribution >= 4 is 0 Å². The second-order valence-corrected chi connectivity index (χ2v) is 4.98. The molecule has 0 radical (unpaired) electrons. The van der Waals surface area contributed by atoms with Crippen molar-refractivity contribution in [3.63, 3.8) is 0 Å². The third-order valence-corrected chi connectivity index (χ3v) is 3.66. The van der Waals surface area contributed by atoms with E-state index in [9.17, 15) is 0 Å². The van der Waals surface area contributed by atoms with Crippen LogP contribution in [0.2, 0.25) is 0 Å². The topological polar surface area (TPSA) is 30.5 Å². The number of hydrogen-bond donors (Lipinski definition) is 1. The molecular formula is C16H23NO2. The molecule has 0 amide bonds. The number of benzene rings is 1. The van der Waals surface area contributed by atoms with Crippen LogP contribution in [0.5, 0.6) is 11.5 Å². The lowest BCUT2D eigenvalue weighted by Crippen LogP contribution is -2.32. The second-order valence-electron chi connectivity index (χ2n) is 4.98. The van der Waals surface area contributed by atoms with Crippen LogP contribution < -0.4 is 14.8 Å². The van der Waals surface area contributed by atoms with E-state index in [1.165, 1.54) is 12.8 Å². The van der Waals surface area contributed by atoms with Crippen LogP contribution in [-0.2, 0) is 0 Å². The molecule has 0 saturated heterocycles. The van der Waals surface area contributed by atoms with Crippen LogP contribution in [0.1, 0.15) is 37.8 Å². The summed E-state index contributed by atoms with van der Waals surface area (Å²) in [5, 5.41) is 3.67. The molecule has 1 aliphatic rings. The van der Waals surface area contributed by atoms with Crippen LogP contribution in [0.3, 0.4) is 0 Å². The number of ether oxygens (including phenoxy) is 2. The summed E-state index contributed by atoms with van der Waals surface area (Å²) >= 11 is 0. The first-order chi connectivity index (χ1) is 9.24. The van der Waals surface area contributed by atoms with Gasteiger partial charge in [-0.25, -0.2) is 0 Å². The normalized spacial score (nSPS) is 20.1. The zero-order chi connectivity index (χ0) is 13.7. The summed E-state index contributed by atoms with van der Waals surface area (Å²) < 4.78 is 10.7. The van der Waals surface area contributed by atoms with E-state index >= 15 is 0 Å². The summed E-state index contributed by atoms with van der Waals surface area (Å²) in [6.07, 6.45) is 8.00. The predicted octanol–water partition coefficient (Wildman–Crippen LogP) is 3.46. The summed E-state index contributed by atoms with van der Waals surface area (Å²) in [6, 6.07) is 6.75. The molecule has 2 atom stereocenters. The molecule has 1 aliphatic carbocycles. The van der Waals surface area contributed by atoms with Crippen molar-refractivity contribution in [3.8, 4) is 11.5 Å². The van der Waals surface area contributed by atoms with Gasteiger partial charge in [-0.1, -0.05) is 12.2 Å². The Hall–Kier alpha value is -1.48. The van der Waals surface area contributed by atoms with Gasteiger partial charge in [0.15, 0.2) is 0 Å². The molecule has 0 bridgehead atoms. The van der Waals surface area contributed by atoms with Crippen molar-refractivity contribution in [1.29, 1.82) is 0 Å². The molecule has 19 heavy (non-hydrogen) atoms. The van der Waals surface area contributed by atoms with Crippen LogP contribution in [0.4, 0.5) is 0 Å². The lowest BCUT2D eigenvalue weighted by molar-refractivity contribution is 0.379. The number of hydrogen-bond acceptors (Lipinski definition) is 3. The molecule has 0 spiro atoms. The van der Waals surface area contributed by atoms with Gasteiger partial charge in [0.25, 0.3) is 0 Å². The molecule has 3 heteroatoms. The molecule has 2 unspecified atom stereocenters. The minimum absolute atomic E-state index is 0.251. The number of methoxy groups -OCH3 is 2. The quantitative estimate of drug-likeness (QED) is 0.823. The van der Waals surface area contributed by atoms with Gasteiger partial charge in [0.2, 0.25) is 0 Å². The first-order valence-corrected chi connectivity index (χ1v) is 6.87. The van der Waals surface area contributed by atoms with E-state index in [1.807, 2.05) is 12.1 Å². The Morgan fingerprint density at radius 1 is 1.21 bits per heavy atom. The fourth-order valence-electron chi connectivity index (χ4n) is 2.57. The van der Waals surface area contributed by atoms with Crippen molar-refractivity contribution in [2.24, 2.45) is 0 Å². The van der Waals surface area contributed by atoms with Crippen molar-refractivity contribution in [1.82, 2.24) is 5.32 Å². The highest BCUT2D eigenvalue weighted by Gasteiger charge is 2.17. The van der Waals surface area contributed by atoms with E-state index in [0.29, 0.717) is 6.04 Å². The standard InChI is InChI=1S/C16H23NO2/c1-12(17-13-7-5-4-6-8-13)15-11-14(18-2)9-10-16(15)19-3/h4-5,9-13,17H,6-8H2,1-3H3. The van der Waals surface area contributed by atoms with Crippen LogP contribution in [0.25, 0.3) is 0 Å². The molecule has 0 fully saturated rings. The lowest BCUT2D eigenvalue weighted by Gasteiger charge is -2.25. The highest BCUT2D eigenvalue weighted by molar-refractivity contribution is 5.42. The molecule has 3 nitrogen and oxygen atoms in total. The molecule has 0 aromatic heterocycles. The Labute approximate surface area is 115 Å². The molecular weight excluding hydrogens is 238 g/mol. The van der Waals surface area contributed by atoms with Crippen molar-refractivity contribution < 1.29 is 9.47 Å². The maximum Gasteiger partial charge on any atom is 0.123 e. The molecule has 2 rings (SSSR count). The van der Waals surface area contributed by atoms with Crippen molar-refractivity contribution in [2.45, 2.75) is 38.3 Å². The Morgan fingerprint density at radius 2 is 2.05 bits per heavy atom. The van der Waals surface area contributed by atoms with Gasteiger partial charge in [0.05, 0.1) is 14.2 Å². The monoisotopic (exact) mass is 261 g/mol. The zero-order valence-corrected chi connectivity index (χ0v) is 12.0. The number of rotatable bonds is 5. The first kappa shape index (κ1) is 13.9. The average molecular weight is 261 g/mol. The van der Waals surface area contributed by atoms with Gasteiger partial charge in [-0.15, -0.1) is 0 Å². The largest absolute Gasteiger partial charge is 0.497 e. The Bertz CT molecular complexity index is 442. The van der Waals surface area contributed by atoms with Crippen LogP contribution in [-0.4, -0.2) is 20.3 Å². The molecule has 0 heterocycles. The predicted molar refractivity (Wildman–Crippen MR) is 77.9 cm³/mol. The summed E-state index contributed by atoms with van der Waals surface area (Å²) in [7, 11) is 3.40. The summed E-state index contributed by atoms with van der Waals surface area (Å²) in [4.78, 5) is 0. The Balaban J connectivity index is 2.12. The van der Waals surface area contributed by atoms with E-state index in [4.69, 9.17) is 9.47 Å². The minimum Gasteiger partial charge on any atom is -0.497 e. The third kappa shape index (κ3) is 3.51. The van der Waals surface area contributed by atoms with E-state index < -0.39 is 0 Å². The summed E-state index contributed by atoms with van der Waals surface area (Å²) in [5.74, 6) is 1.78. The van der Waals surface area contributed by atoms with Gasteiger partial charge in [0, 0.05) is 17.6 Å². The third-order valence-electron chi connectivity index (χ3n) is 3.66. The van der Waals surface area contributed by atoms with Crippen molar-refractivity contribution in [3.05, 3.63) is 35.9 Å². The van der Waals surface area contributed by atoms with Crippen LogP contribution in [0, 0.1) is 0 Å².